The van der Waals surface area contributed by atoms with Crippen molar-refractivity contribution in [3.8, 4) is 0 Å². The molecular weight excluding hydrogens is 108 g/mol. The zero-order valence-electron chi connectivity index (χ0n) is 5.84. The molecule has 1 unspecified atom stereocenters. The van der Waals surface area contributed by atoms with E-state index < -0.39 is 0 Å². The van der Waals surface area contributed by atoms with Crippen LogP contribution in [0.3, 0.4) is 0 Å². The Balaban J connectivity index is 1.91. The molecule has 0 aromatic carbocycles. The Hall–Kier alpha value is -0.260. The van der Waals surface area contributed by atoms with Crippen molar-refractivity contribution in [2.24, 2.45) is 11.8 Å². The Morgan fingerprint density at radius 3 is 2.00 bits per heavy atom. The minimum Gasteiger partial charge on any atom is -0.0885 e. The number of rotatable bonds is 0. The van der Waals surface area contributed by atoms with E-state index in [1.807, 2.05) is 0 Å². The molecule has 0 aromatic heterocycles. The second-order valence-electron chi connectivity index (χ2n) is 3.38. The second kappa shape index (κ2) is 2.17. The van der Waals surface area contributed by atoms with Gasteiger partial charge in [0.1, 0.15) is 0 Å². The van der Waals surface area contributed by atoms with E-state index in [4.69, 9.17) is 0 Å². The zero-order valence-corrected chi connectivity index (χ0v) is 5.84. The maximum atomic E-state index is 2.36. The van der Waals surface area contributed by atoms with E-state index in [9.17, 15) is 0 Å². The predicted octanol–water partition coefficient (Wildman–Crippen LogP) is 2.75. The average Bonchev–Trinajstić information content (AvgIpc) is 2.46. The van der Waals surface area contributed by atoms with Crippen LogP contribution in [0.2, 0.25) is 0 Å². The molecule has 0 aromatic rings. The van der Waals surface area contributed by atoms with E-state index >= 15 is 0 Å². The molecule has 2 aliphatic carbocycles. The molecule has 1 fully saturated rings. The van der Waals surface area contributed by atoms with Crippen LogP contribution >= 0.6 is 0 Å². The Morgan fingerprint density at radius 1 is 0.889 bits per heavy atom. The Morgan fingerprint density at radius 2 is 1.44 bits per heavy atom. The zero-order chi connectivity index (χ0) is 6.10. The highest BCUT2D eigenvalue weighted by molar-refractivity contribution is 4.94. The summed E-state index contributed by atoms with van der Waals surface area (Å²) in [4.78, 5) is 0. The van der Waals surface area contributed by atoms with Gasteiger partial charge in [0.2, 0.25) is 0 Å². The fourth-order valence-electron chi connectivity index (χ4n) is 1.87. The summed E-state index contributed by atoms with van der Waals surface area (Å²) in [6.45, 7) is 0. The number of allylic oxidation sites excluding steroid dienone is 2. The normalized spacial score (nSPS) is 44.4. The van der Waals surface area contributed by atoms with Crippen LogP contribution in [0.4, 0.5) is 0 Å². The standard InChI is InChI=1S/C9H14/c1-2-4-6-9-7-8(9)5-3-1/h1-2,8-9H,3-7H2/b2-1-/t8-,9?/m1/s1. The quantitative estimate of drug-likeness (QED) is 0.433. The molecule has 0 aliphatic heterocycles. The molecular formula is C9H14. The number of hydrogen-bond donors (Lipinski definition) is 0. The van der Waals surface area contributed by atoms with Gasteiger partial charge in [-0.1, -0.05) is 12.2 Å². The van der Waals surface area contributed by atoms with Crippen molar-refractivity contribution in [3.05, 3.63) is 12.2 Å². The fraction of sp³-hybridized carbons (Fsp3) is 0.778. The van der Waals surface area contributed by atoms with Gasteiger partial charge >= 0.3 is 0 Å². The summed E-state index contributed by atoms with van der Waals surface area (Å²) < 4.78 is 0. The lowest BCUT2D eigenvalue weighted by atomic mass is 10.1. The van der Waals surface area contributed by atoms with Crippen LogP contribution in [0.25, 0.3) is 0 Å². The predicted molar refractivity (Wildman–Crippen MR) is 39.2 cm³/mol. The summed E-state index contributed by atoms with van der Waals surface area (Å²) in [5.41, 5.74) is 0. The van der Waals surface area contributed by atoms with Gasteiger partial charge in [-0.05, 0) is 43.9 Å². The highest BCUT2D eigenvalue weighted by atomic mass is 14.4. The van der Waals surface area contributed by atoms with Gasteiger partial charge < -0.3 is 0 Å². The van der Waals surface area contributed by atoms with Gasteiger partial charge in [-0.3, -0.25) is 0 Å². The number of hydrogen-bond acceptors (Lipinski definition) is 0. The van der Waals surface area contributed by atoms with Crippen LogP contribution in [-0.2, 0) is 0 Å². The summed E-state index contributed by atoms with van der Waals surface area (Å²) in [7, 11) is 0. The van der Waals surface area contributed by atoms with Crippen molar-refractivity contribution in [2.45, 2.75) is 32.1 Å². The number of fused-ring (bicyclic) bond motifs is 1. The molecule has 2 atom stereocenters. The molecule has 2 aliphatic rings. The first kappa shape index (κ1) is 5.52. The van der Waals surface area contributed by atoms with Gasteiger partial charge in [-0.25, -0.2) is 0 Å². The van der Waals surface area contributed by atoms with E-state index in [0.29, 0.717) is 0 Å². The molecule has 9 heavy (non-hydrogen) atoms. The summed E-state index contributed by atoms with van der Waals surface area (Å²) in [6.07, 6.45) is 11.9. The molecule has 2 rings (SSSR count). The third-order valence-electron chi connectivity index (χ3n) is 2.64. The largest absolute Gasteiger partial charge is 0.0885 e. The summed E-state index contributed by atoms with van der Waals surface area (Å²) >= 11 is 0. The Kier molecular flexibility index (Phi) is 1.33. The maximum Gasteiger partial charge on any atom is -0.0348 e. The second-order valence-corrected chi connectivity index (χ2v) is 3.38. The summed E-state index contributed by atoms with van der Waals surface area (Å²) in [6, 6.07) is 0. The van der Waals surface area contributed by atoms with E-state index in [1.165, 1.54) is 25.7 Å². The lowest BCUT2D eigenvalue weighted by Crippen LogP contribution is -1.85. The van der Waals surface area contributed by atoms with E-state index in [2.05, 4.69) is 12.2 Å². The molecule has 50 valence electrons. The lowest BCUT2D eigenvalue weighted by molar-refractivity contribution is 0.605. The first-order valence-electron chi connectivity index (χ1n) is 4.12. The fourth-order valence-corrected chi connectivity index (χ4v) is 1.87. The Labute approximate surface area is 57.0 Å². The van der Waals surface area contributed by atoms with Crippen LogP contribution in [0.1, 0.15) is 32.1 Å². The molecule has 0 N–H and O–H groups in total. The molecule has 0 spiro atoms. The van der Waals surface area contributed by atoms with Crippen molar-refractivity contribution in [3.63, 3.8) is 0 Å². The summed E-state index contributed by atoms with van der Waals surface area (Å²) in [5, 5.41) is 0. The smallest absolute Gasteiger partial charge is 0.0348 e. The molecule has 1 saturated carbocycles. The van der Waals surface area contributed by atoms with Crippen molar-refractivity contribution in [2.75, 3.05) is 0 Å². The van der Waals surface area contributed by atoms with Gasteiger partial charge in [-0.2, -0.15) is 0 Å². The highest BCUT2D eigenvalue weighted by Gasteiger charge is 2.35. The first-order chi connectivity index (χ1) is 4.47. The SMILES string of the molecule is C1=C\CC[C@@H]2CC2CC/1. The molecule has 0 saturated heterocycles. The molecule has 0 amide bonds. The van der Waals surface area contributed by atoms with Crippen molar-refractivity contribution < 1.29 is 0 Å². The lowest BCUT2D eigenvalue weighted by Gasteiger charge is -1.99. The van der Waals surface area contributed by atoms with E-state index in [-0.39, 0.29) is 0 Å². The summed E-state index contributed by atoms with van der Waals surface area (Å²) in [5.74, 6) is 2.27. The monoisotopic (exact) mass is 122 g/mol. The van der Waals surface area contributed by atoms with Crippen LogP contribution in [0, 0.1) is 11.8 Å². The molecule has 0 nitrogen and oxygen atoms in total. The van der Waals surface area contributed by atoms with Crippen molar-refractivity contribution in [1.82, 2.24) is 0 Å². The van der Waals surface area contributed by atoms with Gasteiger partial charge in [0.05, 0.1) is 0 Å². The van der Waals surface area contributed by atoms with Gasteiger partial charge in [0.25, 0.3) is 0 Å². The third kappa shape index (κ3) is 1.17. The molecule has 0 radical (unpaired) electrons. The van der Waals surface area contributed by atoms with Gasteiger partial charge in [0.15, 0.2) is 0 Å². The first-order valence-corrected chi connectivity index (χ1v) is 4.12. The molecule has 0 heterocycles. The van der Waals surface area contributed by atoms with Crippen LogP contribution < -0.4 is 0 Å². The van der Waals surface area contributed by atoms with Crippen LogP contribution in [0.5, 0.6) is 0 Å². The average molecular weight is 122 g/mol. The minimum atomic E-state index is 1.13. The topological polar surface area (TPSA) is 0 Å². The maximum absolute atomic E-state index is 2.36. The van der Waals surface area contributed by atoms with E-state index in [1.54, 1.807) is 6.42 Å². The van der Waals surface area contributed by atoms with Crippen LogP contribution in [0.15, 0.2) is 12.2 Å². The van der Waals surface area contributed by atoms with Gasteiger partial charge in [-0.15, -0.1) is 0 Å². The third-order valence-corrected chi connectivity index (χ3v) is 2.64. The highest BCUT2D eigenvalue weighted by Crippen LogP contribution is 2.45. The molecule has 0 bridgehead atoms. The van der Waals surface area contributed by atoms with E-state index in [0.717, 1.165) is 11.8 Å². The van der Waals surface area contributed by atoms with Crippen molar-refractivity contribution in [1.29, 1.82) is 0 Å². The Bertz CT molecular complexity index is 110. The van der Waals surface area contributed by atoms with Gasteiger partial charge in [0, 0.05) is 0 Å². The van der Waals surface area contributed by atoms with Crippen LogP contribution in [-0.4, -0.2) is 0 Å². The molecule has 0 heteroatoms. The van der Waals surface area contributed by atoms with Crippen molar-refractivity contribution >= 4 is 0 Å². The minimum absolute atomic E-state index is 1.13.